The SMILES string of the molecule is Cc1nn(C)c(C)c1CCC(=O)N(Cc1cccs1)Cc1cccs1. The number of hydrogen-bond acceptors (Lipinski definition) is 4. The van der Waals surface area contributed by atoms with Crippen molar-refractivity contribution in [3.8, 4) is 0 Å². The molecule has 0 aliphatic carbocycles. The molecule has 0 fully saturated rings. The third-order valence-corrected chi connectivity index (χ3v) is 6.18. The normalized spacial score (nSPS) is 11.0. The van der Waals surface area contributed by atoms with Gasteiger partial charge in [-0.3, -0.25) is 9.48 Å². The standard InChI is InChI=1S/C19H23N3OS2/c1-14-18(15(2)21(3)20-14)8-9-19(23)22(12-16-6-4-10-24-16)13-17-7-5-11-25-17/h4-7,10-11H,8-9,12-13H2,1-3H3. The number of amides is 1. The van der Waals surface area contributed by atoms with Gasteiger partial charge in [0.15, 0.2) is 0 Å². The molecule has 132 valence electrons. The molecule has 0 radical (unpaired) electrons. The highest BCUT2D eigenvalue weighted by Crippen LogP contribution is 2.20. The molecule has 1 amide bonds. The zero-order valence-corrected chi connectivity index (χ0v) is 16.5. The summed E-state index contributed by atoms with van der Waals surface area (Å²) in [6.45, 7) is 5.44. The van der Waals surface area contributed by atoms with Crippen LogP contribution >= 0.6 is 22.7 Å². The number of hydrogen-bond donors (Lipinski definition) is 0. The minimum atomic E-state index is 0.199. The summed E-state index contributed by atoms with van der Waals surface area (Å²) < 4.78 is 1.89. The van der Waals surface area contributed by atoms with E-state index in [0.717, 1.165) is 17.8 Å². The maximum Gasteiger partial charge on any atom is 0.223 e. The summed E-state index contributed by atoms with van der Waals surface area (Å²) in [5, 5.41) is 8.57. The molecule has 0 aliphatic rings. The van der Waals surface area contributed by atoms with Crippen LogP contribution in [0.1, 0.15) is 33.1 Å². The lowest BCUT2D eigenvalue weighted by atomic mass is 10.1. The van der Waals surface area contributed by atoms with Crippen LogP contribution in [0.5, 0.6) is 0 Å². The molecular weight excluding hydrogens is 350 g/mol. The van der Waals surface area contributed by atoms with E-state index in [1.807, 2.05) is 35.7 Å². The summed E-state index contributed by atoms with van der Waals surface area (Å²) in [4.78, 5) is 17.3. The van der Waals surface area contributed by atoms with Crippen LogP contribution in [0, 0.1) is 13.8 Å². The van der Waals surface area contributed by atoms with Crippen molar-refractivity contribution in [1.82, 2.24) is 14.7 Å². The van der Waals surface area contributed by atoms with Gasteiger partial charge in [0.2, 0.25) is 5.91 Å². The van der Waals surface area contributed by atoms with Crippen molar-refractivity contribution < 1.29 is 4.79 Å². The first kappa shape index (κ1) is 17.9. The number of carbonyl (C=O) groups excluding carboxylic acids is 1. The van der Waals surface area contributed by atoms with Gasteiger partial charge in [0.25, 0.3) is 0 Å². The van der Waals surface area contributed by atoms with Gasteiger partial charge in [0.05, 0.1) is 18.8 Å². The van der Waals surface area contributed by atoms with Gasteiger partial charge < -0.3 is 4.90 Å². The summed E-state index contributed by atoms with van der Waals surface area (Å²) in [6.07, 6.45) is 1.26. The third-order valence-electron chi connectivity index (χ3n) is 4.45. The lowest BCUT2D eigenvalue weighted by Crippen LogP contribution is -2.29. The summed E-state index contributed by atoms with van der Waals surface area (Å²) in [6, 6.07) is 8.26. The molecule has 0 spiro atoms. The van der Waals surface area contributed by atoms with E-state index >= 15 is 0 Å². The molecule has 0 saturated heterocycles. The smallest absolute Gasteiger partial charge is 0.223 e. The van der Waals surface area contributed by atoms with Crippen molar-refractivity contribution in [2.75, 3.05) is 0 Å². The molecular formula is C19H23N3OS2. The van der Waals surface area contributed by atoms with Crippen molar-refractivity contribution >= 4 is 28.6 Å². The highest BCUT2D eigenvalue weighted by Gasteiger charge is 2.18. The van der Waals surface area contributed by atoms with Gasteiger partial charge in [-0.15, -0.1) is 22.7 Å². The van der Waals surface area contributed by atoms with E-state index in [2.05, 4.69) is 34.9 Å². The van der Waals surface area contributed by atoms with Gasteiger partial charge in [-0.05, 0) is 48.7 Å². The molecule has 3 aromatic heterocycles. The minimum Gasteiger partial charge on any atom is -0.332 e. The van der Waals surface area contributed by atoms with E-state index in [1.165, 1.54) is 15.3 Å². The third kappa shape index (κ3) is 4.38. The molecule has 4 nitrogen and oxygen atoms in total. The average Bonchev–Trinajstić information content (AvgIpc) is 3.31. The van der Waals surface area contributed by atoms with Crippen LogP contribution < -0.4 is 0 Å². The van der Waals surface area contributed by atoms with Crippen molar-refractivity contribution in [3.05, 3.63) is 61.7 Å². The average molecular weight is 374 g/mol. The molecule has 0 saturated carbocycles. The Morgan fingerprint density at radius 1 is 1.12 bits per heavy atom. The van der Waals surface area contributed by atoms with Crippen LogP contribution in [0.3, 0.4) is 0 Å². The molecule has 0 aliphatic heterocycles. The molecule has 0 N–H and O–H groups in total. The predicted molar refractivity (Wildman–Crippen MR) is 104 cm³/mol. The number of thiophene rings is 2. The van der Waals surface area contributed by atoms with Gasteiger partial charge in [-0.2, -0.15) is 5.10 Å². The Morgan fingerprint density at radius 2 is 1.72 bits per heavy atom. The maximum atomic E-state index is 12.9. The molecule has 3 heterocycles. The van der Waals surface area contributed by atoms with Gasteiger partial charge in [-0.25, -0.2) is 0 Å². The fraction of sp³-hybridized carbons (Fsp3) is 0.368. The Balaban J connectivity index is 1.69. The fourth-order valence-electron chi connectivity index (χ4n) is 2.98. The second-order valence-electron chi connectivity index (χ2n) is 6.18. The molecule has 0 bridgehead atoms. The molecule has 0 aromatic carbocycles. The van der Waals surface area contributed by atoms with E-state index in [9.17, 15) is 4.79 Å². The Hall–Kier alpha value is -1.92. The van der Waals surface area contributed by atoms with Crippen molar-refractivity contribution in [2.45, 2.75) is 39.8 Å². The van der Waals surface area contributed by atoms with Gasteiger partial charge in [-0.1, -0.05) is 12.1 Å². The second kappa shape index (κ2) is 7.97. The summed E-state index contributed by atoms with van der Waals surface area (Å²) >= 11 is 3.40. The lowest BCUT2D eigenvalue weighted by molar-refractivity contribution is -0.132. The monoisotopic (exact) mass is 373 g/mol. The number of carbonyl (C=O) groups is 1. The molecule has 6 heteroatoms. The van der Waals surface area contributed by atoms with E-state index in [4.69, 9.17) is 0 Å². The fourth-order valence-corrected chi connectivity index (χ4v) is 4.42. The number of nitrogens with zero attached hydrogens (tertiary/aromatic N) is 3. The predicted octanol–water partition coefficient (Wildman–Crippen LogP) is 4.32. The van der Waals surface area contributed by atoms with Crippen LogP contribution in [0.4, 0.5) is 0 Å². The largest absolute Gasteiger partial charge is 0.332 e. The summed E-state index contributed by atoms with van der Waals surface area (Å²) in [5.41, 5.74) is 3.37. The lowest BCUT2D eigenvalue weighted by Gasteiger charge is -2.21. The van der Waals surface area contributed by atoms with Gasteiger partial charge in [0, 0.05) is 28.9 Å². The molecule has 0 unspecified atom stereocenters. The molecule has 25 heavy (non-hydrogen) atoms. The Morgan fingerprint density at radius 3 is 2.16 bits per heavy atom. The highest BCUT2D eigenvalue weighted by molar-refractivity contribution is 7.10. The van der Waals surface area contributed by atoms with E-state index in [1.54, 1.807) is 22.7 Å². The van der Waals surface area contributed by atoms with Gasteiger partial charge >= 0.3 is 0 Å². The molecule has 3 aromatic rings. The first-order valence-corrected chi connectivity index (χ1v) is 10.1. The Bertz CT molecular complexity index is 783. The van der Waals surface area contributed by atoms with E-state index < -0.39 is 0 Å². The van der Waals surface area contributed by atoms with E-state index in [-0.39, 0.29) is 5.91 Å². The molecule has 0 atom stereocenters. The Labute approximate surface area is 156 Å². The van der Waals surface area contributed by atoms with Crippen LogP contribution in [0.25, 0.3) is 0 Å². The van der Waals surface area contributed by atoms with Crippen LogP contribution in [0.2, 0.25) is 0 Å². The quantitative estimate of drug-likeness (QED) is 0.618. The van der Waals surface area contributed by atoms with Crippen LogP contribution in [0.15, 0.2) is 35.0 Å². The second-order valence-corrected chi connectivity index (χ2v) is 8.25. The zero-order chi connectivity index (χ0) is 17.8. The van der Waals surface area contributed by atoms with Crippen LogP contribution in [-0.2, 0) is 31.4 Å². The summed E-state index contributed by atoms with van der Waals surface area (Å²) in [7, 11) is 1.95. The summed E-state index contributed by atoms with van der Waals surface area (Å²) in [5.74, 6) is 0.199. The van der Waals surface area contributed by atoms with Gasteiger partial charge in [0.1, 0.15) is 0 Å². The minimum absolute atomic E-state index is 0.199. The number of aryl methyl sites for hydroxylation is 2. The maximum absolute atomic E-state index is 12.9. The Kier molecular flexibility index (Phi) is 5.71. The highest BCUT2D eigenvalue weighted by atomic mass is 32.1. The zero-order valence-electron chi connectivity index (χ0n) is 14.9. The van der Waals surface area contributed by atoms with Crippen molar-refractivity contribution in [2.24, 2.45) is 7.05 Å². The first-order chi connectivity index (χ1) is 12.0. The van der Waals surface area contributed by atoms with Crippen LogP contribution in [-0.4, -0.2) is 20.6 Å². The van der Waals surface area contributed by atoms with E-state index in [0.29, 0.717) is 19.5 Å². The van der Waals surface area contributed by atoms with Crippen molar-refractivity contribution in [1.29, 1.82) is 0 Å². The molecule has 3 rings (SSSR count). The number of aromatic nitrogens is 2. The first-order valence-electron chi connectivity index (χ1n) is 8.36. The van der Waals surface area contributed by atoms with Crippen molar-refractivity contribution in [3.63, 3.8) is 0 Å². The number of rotatable bonds is 7. The topological polar surface area (TPSA) is 38.1 Å².